The van der Waals surface area contributed by atoms with Gasteiger partial charge in [-0.15, -0.1) is 33.7 Å². The summed E-state index contributed by atoms with van der Waals surface area (Å²) < 4.78 is 0. The van der Waals surface area contributed by atoms with E-state index in [0.29, 0.717) is 47.3 Å². The Kier molecular flexibility index (Phi) is 17.4. The molecular formula is C39H54N6O14S2. The third kappa shape index (κ3) is 13.6. The van der Waals surface area contributed by atoms with Gasteiger partial charge in [0.05, 0.1) is 21.3 Å². The molecule has 0 spiro atoms. The second-order valence-electron chi connectivity index (χ2n) is 16.3. The van der Waals surface area contributed by atoms with Crippen molar-refractivity contribution in [3.05, 3.63) is 0 Å². The minimum absolute atomic E-state index is 0.00403. The van der Waals surface area contributed by atoms with Crippen LogP contribution in [0.25, 0.3) is 0 Å². The minimum atomic E-state index is -0.996. The van der Waals surface area contributed by atoms with Crippen molar-refractivity contribution in [2.24, 2.45) is 10.8 Å². The molecule has 0 aliphatic carbocycles. The lowest BCUT2D eigenvalue weighted by Crippen LogP contribution is -2.39. The lowest BCUT2D eigenvalue weighted by atomic mass is 9.88. The lowest BCUT2D eigenvalue weighted by Gasteiger charge is -2.24. The van der Waals surface area contributed by atoms with Crippen LogP contribution in [-0.2, 0) is 67.2 Å². The Labute approximate surface area is 361 Å². The first-order valence-electron chi connectivity index (χ1n) is 20.3. The van der Waals surface area contributed by atoms with E-state index in [-0.39, 0.29) is 119 Å². The molecule has 4 heterocycles. The smallest absolute Gasteiger partial charge is 0.338 e. The van der Waals surface area contributed by atoms with Gasteiger partial charge in [0.2, 0.25) is 35.4 Å². The average molecular weight is 895 g/mol. The van der Waals surface area contributed by atoms with Crippen molar-refractivity contribution in [3.63, 3.8) is 0 Å². The van der Waals surface area contributed by atoms with Crippen molar-refractivity contribution in [2.75, 3.05) is 37.7 Å². The molecular weight excluding hydrogens is 841 g/mol. The zero-order valence-corrected chi connectivity index (χ0v) is 36.5. The van der Waals surface area contributed by atoms with Crippen LogP contribution < -0.4 is 10.6 Å². The molecule has 336 valence electrons. The van der Waals surface area contributed by atoms with Gasteiger partial charge in [-0.3, -0.25) is 57.7 Å². The van der Waals surface area contributed by atoms with Crippen molar-refractivity contribution in [1.82, 2.24) is 30.6 Å². The van der Waals surface area contributed by atoms with E-state index in [4.69, 9.17) is 9.68 Å². The maximum Gasteiger partial charge on any atom is 0.338 e. The molecule has 2 N–H and O–H groups in total. The summed E-state index contributed by atoms with van der Waals surface area (Å²) in [4.78, 5) is 160. The van der Waals surface area contributed by atoms with Gasteiger partial charge >= 0.3 is 11.9 Å². The highest BCUT2D eigenvalue weighted by Gasteiger charge is 2.42. The molecule has 0 radical (unpaired) electrons. The minimum Gasteiger partial charge on any atom is -0.354 e. The molecule has 4 aliphatic rings. The number of likely N-dealkylation sites (tertiary alicyclic amines) is 2. The topological polar surface area (TPSA) is 260 Å². The van der Waals surface area contributed by atoms with Gasteiger partial charge in [0.25, 0.3) is 23.6 Å². The maximum absolute atomic E-state index is 12.9. The normalized spacial score (nSPS) is 19.8. The Bertz CT molecular complexity index is 1650. The van der Waals surface area contributed by atoms with E-state index in [1.807, 2.05) is 0 Å². The molecule has 10 amide bonds. The van der Waals surface area contributed by atoms with Gasteiger partial charge in [-0.2, -0.15) is 0 Å². The largest absolute Gasteiger partial charge is 0.354 e. The van der Waals surface area contributed by atoms with E-state index >= 15 is 0 Å². The Morgan fingerprint density at radius 2 is 0.902 bits per heavy atom. The van der Waals surface area contributed by atoms with Crippen LogP contribution in [-0.4, -0.2) is 139 Å². The van der Waals surface area contributed by atoms with Crippen LogP contribution in [0.5, 0.6) is 0 Å². The van der Waals surface area contributed by atoms with Crippen LogP contribution in [0.15, 0.2) is 0 Å². The zero-order chi connectivity index (χ0) is 45.1. The van der Waals surface area contributed by atoms with E-state index in [0.717, 1.165) is 9.80 Å². The van der Waals surface area contributed by atoms with Gasteiger partial charge in [0, 0.05) is 77.5 Å². The second-order valence-corrected chi connectivity index (χ2v) is 19.0. The second kappa shape index (κ2) is 21.8. The highest BCUT2D eigenvalue weighted by Crippen LogP contribution is 2.32. The van der Waals surface area contributed by atoms with E-state index in [1.165, 1.54) is 23.5 Å². The van der Waals surface area contributed by atoms with Crippen molar-refractivity contribution in [1.29, 1.82) is 0 Å². The first-order valence-corrected chi connectivity index (χ1v) is 22.4. The van der Waals surface area contributed by atoms with Crippen molar-refractivity contribution >= 4 is 94.5 Å². The number of hydrogen-bond acceptors (Lipinski definition) is 16. The Balaban J connectivity index is 1.03. The number of hydrogen-bond donors (Lipinski definition) is 2. The predicted molar refractivity (Wildman–Crippen MR) is 215 cm³/mol. The summed E-state index contributed by atoms with van der Waals surface area (Å²) in [7, 11) is 0. The van der Waals surface area contributed by atoms with Crippen molar-refractivity contribution < 1.29 is 67.2 Å². The number of thioether (sulfide) groups is 2. The van der Waals surface area contributed by atoms with E-state index in [2.05, 4.69) is 10.6 Å². The van der Waals surface area contributed by atoms with Gasteiger partial charge < -0.3 is 20.3 Å². The third-order valence-electron chi connectivity index (χ3n) is 10.5. The quantitative estimate of drug-likeness (QED) is 0.101. The van der Waals surface area contributed by atoms with E-state index in [9.17, 15) is 57.5 Å². The number of carbonyl (C=O) groups excluding carboxylic acids is 12. The summed E-state index contributed by atoms with van der Waals surface area (Å²) in [6.07, 6.45) is 1.95. The van der Waals surface area contributed by atoms with Gasteiger partial charge in [-0.05, 0) is 71.3 Å². The monoisotopic (exact) mass is 894 g/mol. The molecule has 61 heavy (non-hydrogen) atoms. The van der Waals surface area contributed by atoms with Crippen molar-refractivity contribution in [3.8, 4) is 0 Å². The number of rotatable bonds is 24. The molecule has 0 aromatic carbocycles. The number of carbonyl (C=O) groups is 12. The summed E-state index contributed by atoms with van der Waals surface area (Å²) in [6.45, 7) is 6.58. The van der Waals surface area contributed by atoms with Gasteiger partial charge in [-0.1, -0.05) is 0 Å². The van der Waals surface area contributed by atoms with E-state index in [1.54, 1.807) is 27.7 Å². The number of imide groups is 4. The summed E-state index contributed by atoms with van der Waals surface area (Å²) in [5.41, 5.74) is -1.99. The molecule has 0 saturated carbocycles. The van der Waals surface area contributed by atoms with Crippen molar-refractivity contribution in [2.45, 2.75) is 122 Å². The first kappa shape index (κ1) is 48.8. The first-order chi connectivity index (χ1) is 28.7. The SMILES string of the molecule is CC(C)(CCCSC1CC(=O)N(CCNC(=O)CCCC(=O)NCCN2C(=O)CC(SCCCC(C)(C)C(=O)ON3C(=O)CCC3=O)C2=O)C1=O)C(=O)ON1C(=O)CCC1=O. The Morgan fingerprint density at radius 1 is 0.557 bits per heavy atom. The molecule has 4 saturated heterocycles. The lowest BCUT2D eigenvalue weighted by molar-refractivity contribution is -0.204. The molecule has 2 unspecified atom stereocenters. The fourth-order valence-corrected chi connectivity index (χ4v) is 8.90. The van der Waals surface area contributed by atoms with E-state index < -0.39 is 56.9 Å². The standard InChI is InChI=1S/C39H54N6O14S2/c1-38(2,36(56)58-44-28(48)10-11-29(44)49)14-6-20-60-24-22-32(52)42(34(24)54)18-16-40-26(46)8-5-9-27(47)41-17-19-43-33(53)23-25(35(43)55)61-21-7-15-39(3,4)37(57)59-45-30(50)12-13-31(45)51/h24-25H,5-23H2,1-4H3,(H,40,46)(H,41,47). The van der Waals surface area contributed by atoms with Crippen LogP contribution in [0.1, 0.15) is 111 Å². The maximum atomic E-state index is 12.9. The van der Waals surface area contributed by atoms with Gasteiger partial charge in [-0.25, -0.2) is 9.59 Å². The fourth-order valence-electron chi connectivity index (χ4n) is 6.65. The number of amides is 10. The molecule has 4 rings (SSSR count). The predicted octanol–water partition coefficient (Wildman–Crippen LogP) is 0.938. The molecule has 2 atom stereocenters. The third-order valence-corrected chi connectivity index (χ3v) is 13.1. The molecule has 0 aromatic heterocycles. The molecule has 20 nitrogen and oxygen atoms in total. The highest BCUT2D eigenvalue weighted by molar-refractivity contribution is 8.00. The summed E-state index contributed by atoms with van der Waals surface area (Å²) in [6, 6.07) is 0. The number of hydroxylamine groups is 4. The molecule has 4 fully saturated rings. The molecule has 4 aliphatic heterocycles. The number of nitrogens with zero attached hydrogens (tertiary/aromatic N) is 4. The van der Waals surface area contributed by atoms with Gasteiger partial charge in [0.1, 0.15) is 0 Å². The zero-order valence-electron chi connectivity index (χ0n) is 34.9. The Morgan fingerprint density at radius 3 is 1.25 bits per heavy atom. The number of nitrogens with one attached hydrogen (secondary N) is 2. The summed E-state index contributed by atoms with van der Waals surface area (Å²) >= 11 is 2.58. The Hall–Kier alpha value is -4.86. The van der Waals surface area contributed by atoms with Crippen LogP contribution in [0, 0.1) is 10.8 Å². The van der Waals surface area contributed by atoms with Crippen LogP contribution in [0.2, 0.25) is 0 Å². The summed E-state index contributed by atoms with van der Waals surface area (Å²) in [5.74, 6) is -4.93. The van der Waals surface area contributed by atoms with Crippen LogP contribution in [0.4, 0.5) is 0 Å². The van der Waals surface area contributed by atoms with Crippen LogP contribution in [0.3, 0.4) is 0 Å². The molecule has 22 heteroatoms. The summed E-state index contributed by atoms with van der Waals surface area (Å²) in [5, 5.41) is 5.12. The average Bonchev–Trinajstić information content (AvgIpc) is 3.87. The fraction of sp³-hybridized carbons (Fsp3) is 0.692. The molecule has 0 aromatic rings. The van der Waals surface area contributed by atoms with Gasteiger partial charge in [0.15, 0.2) is 0 Å². The van der Waals surface area contributed by atoms with Crippen LogP contribution >= 0.6 is 23.5 Å². The highest BCUT2D eigenvalue weighted by atomic mass is 32.2. The molecule has 0 bridgehead atoms.